The van der Waals surface area contributed by atoms with Gasteiger partial charge in [0.25, 0.3) is 5.91 Å². The van der Waals surface area contributed by atoms with Crippen molar-refractivity contribution in [2.24, 2.45) is 0 Å². The molecule has 1 amide bonds. The summed E-state index contributed by atoms with van der Waals surface area (Å²) in [6.07, 6.45) is -0.996. The van der Waals surface area contributed by atoms with Crippen LogP contribution in [0.25, 0.3) is 11.0 Å². The summed E-state index contributed by atoms with van der Waals surface area (Å²) in [4.78, 5) is 37.5. The first-order chi connectivity index (χ1) is 14.3. The molecule has 1 atom stereocenters. The number of ether oxygens (including phenoxy) is 2. The normalized spacial score (nSPS) is 11.6. The minimum Gasteiger partial charge on any atom is -0.482 e. The fraction of sp³-hybridized carbons (Fsp3) is 0.227. The van der Waals surface area contributed by atoms with Crippen LogP contribution >= 0.6 is 0 Å². The molecule has 30 heavy (non-hydrogen) atoms. The Hall–Kier alpha value is -3.81. The van der Waals surface area contributed by atoms with E-state index >= 15 is 0 Å². The van der Waals surface area contributed by atoms with E-state index in [1.807, 2.05) is 31.1 Å². The van der Waals surface area contributed by atoms with E-state index in [1.54, 1.807) is 30.3 Å². The van der Waals surface area contributed by atoms with Gasteiger partial charge in [-0.1, -0.05) is 0 Å². The maximum absolute atomic E-state index is 12.2. The van der Waals surface area contributed by atoms with Crippen molar-refractivity contribution in [3.05, 3.63) is 65.0 Å². The predicted molar refractivity (Wildman–Crippen MR) is 113 cm³/mol. The Labute approximate surface area is 173 Å². The summed E-state index contributed by atoms with van der Waals surface area (Å²) in [5, 5.41) is 3.42. The zero-order chi connectivity index (χ0) is 21.7. The fourth-order valence-corrected chi connectivity index (χ4v) is 2.64. The van der Waals surface area contributed by atoms with Gasteiger partial charge < -0.3 is 24.1 Å². The second kappa shape index (κ2) is 9.13. The quantitative estimate of drug-likeness (QED) is 0.472. The van der Waals surface area contributed by atoms with Crippen molar-refractivity contribution in [3.8, 4) is 5.75 Å². The smallest absolute Gasteiger partial charge is 0.344 e. The molecular weight excluding hydrogens is 388 g/mol. The average Bonchev–Trinajstić information content (AvgIpc) is 2.72. The Balaban J connectivity index is 1.51. The Morgan fingerprint density at radius 1 is 1.07 bits per heavy atom. The van der Waals surface area contributed by atoms with Gasteiger partial charge >= 0.3 is 11.6 Å². The molecule has 1 aromatic heterocycles. The molecule has 2 aromatic carbocycles. The second-order valence-electron chi connectivity index (χ2n) is 6.81. The van der Waals surface area contributed by atoms with Gasteiger partial charge in [0.1, 0.15) is 11.3 Å². The highest BCUT2D eigenvalue weighted by molar-refractivity contribution is 5.95. The van der Waals surface area contributed by atoms with Crippen molar-refractivity contribution in [3.63, 3.8) is 0 Å². The molecule has 0 bridgehead atoms. The van der Waals surface area contributed by atoms with E-state index in [-0.39, 0.29) is 0 Å². The summed E-state index contributed by atoms with van der Waals surface area (Å²) in [6.45, 7) is 1.09. The monoisotopic (exact) mass is 410 g/mol. The van der Waals surface area contributed by atoms with E-state index in [4.69, 9.17) is 13.9 Å². The number of fused-ring (bicyclic) bond motifs is 1. The van der Waals surface area contributed by atoms with E-state index in [9.17, 15) is 14.4 Å². The third-order valence-corrected chi connectivity index (χ3v) is 4.28. The van der Waals surface area contributed by atoms with Gasteiger partial charge in [0.2, 0.25) is 0 Å². The van der Waals surface area contributed by atoms with Crippen molar-refractivity contribution in [1.82, 2.24) is 0 Å². The lowest BCUT2D eigenvalue weighted by Gasteiger charge is -2.15. The molecule has 0 aliphatic heterocycles. The SMILES string of the molecule is CC(OC(=O)COc1ccc2ccc(=O)oc2c1)C(=O)Nc1ccc(N(C)C)cc1. The molecule has 0 fully saturated rings. The first-order valence-electron chi connectivity index (χ1n) is 9.26. The third kappa shape index (κ3) is 5.38. The van der Waals surface area contributed by atoms with E-state index in [2.05, 4.69) is 5.32 Å². The highest BCUT2D eigenvalue weighted by Crippen LogP contribution is 2.19. The van der Waals surface area contributed by atoms with Crippen LogP contribution in [0.1, 0.15) is 6.92 Å². The van der Waals surface area contributed by atoms with Crippen LogP contribution in [-0.2, 0) is 14.3 Å². The number of carbonyl (C=O) groups excluding carboxylic acids is 2. The summed E-state index contributed by atoms with van der Waals surface area (Å²) >= 11 is 0. The Kier molecular flexibility index (Phi) is 6.36. The number of esters is 1. The van der Waals surface area contributed by atoms with E-state index in [1.165, 1.54) is 19.1 Å². The van der Waals surface area contributed by atoms with Gasteiger partial charge in [-0.25, -0.2) is 9.59 Å². The first kappa shape index (κ1) is 20.9. The first-order valence-corrected chi connectivity index (χ1v) is 9.26. The standard InChI is InChI=1S/C22H22N2O6/c1-14(22(27)23-16-6-8-17(9-7-16)24(2)3)29-21(26)13-28-18-10-4-15-5-11-20(25)30-19(15)12-18/h4-12,14H,13H2,1-3H3,(H,23,27). The van der Waals surface area contributed by atoms with Gasteiger partial charge in [0.05, 0.1) is 0 Å². The van der Waals surface area contributed by atoms with Crippen LogP contribution in [0.2, 0.25) is 0 Å². The lowest BCUT2D eigenvalue weighted by atomic mass is 10.2. The molecule has 0 aliphatic carbocycles. The molecule has 156 valence electrons. The molecule has 0 aliphatic rings. The van der Waals surface area contributed by atoms with Crippen molar-refractivity contribution >= 4 is 34.2 Å². The third-order valence-electron chi connectivity index (χ3n) is 4.28. The number of rotatable bonds is 7. The van der Waals surface area contributed by atoms with Crippen molar-refractivity contribution in [2.45, 2.75) is 13.0 Å². The van der Waals surface area contributed by atoms with Gasteiger partial charge in [0, 0.05) is 43.0 Å². The van der Waals surface area contributed by atoms with Crippen LogP contribution < -0.4 is 20.6 Å². The van der Waals surface area contributed by atoms with Crippen LogP contribution in [0.5, 0.6) is 5.75 Å². The summed E-state index contributed by atoms with van der Waals surface area (Å²) in [5.74, 6) is -0.810. The number of anilines is 2. The molecule has 3 rings (SSSR count). The van der Waals surface area contributed by atoms with Crippen LogP contribution in [0.15, 0.2) is 63.8 Å². The lowest BCUT2D eigenvalue weighted by molar-refractivity contribution is -0.155. The molecule has 3 aromatic rings. The van der Waals surface area contributed by atoms with Gasteiger partial charge in [-0.2, -0.15) is 0 Å². The maximum Gasteiger partial charge on any atom is 0.344 e. The van der Waals surface area contributed by atoms with E-state index in [0.29, 0.717) is 17.0 Å². The molecule has 1 N–H and O–H groups in total. The zero-order valence-corrected chi connectivity index (χ0v) is 16.9. The summed E-state index contributed by atoms with van der Waals surface area (Å²) in [5.41, 5.74) is 1.47. The number of hydrogen-bond donors (Lipinski definition) is 1. The van der Waals surface area contributed by atoms with Gasteiger partial charge in [-0.3, -0.25) is 4.79 Å². The Morgan fingerprint density at radius 3 is 2.47 bits per heavy atom. The minimum absolute atomic E-state index is 0.340. The van der Waals surface area contributed by atoms with Crippen molar-refractivity contribution < 1.29 is 23.5 Å². The van der Waals surface area contributed by atoms with E-state index < -0.39 is 30.2 Å². The van der Waals surface area contributed by atoms with Crippen LogP contribution in [-0.4, -0.2) is 38.7 Å². The van der Waals surface area contributed by atoms with Crippen LogP contribution in [0, 0.1) is 0 Å². The maximum atomic E-state index is 12.2. The number of hydrogen-bond acceptors (Lipinski definition) is 7. The molecule has 0 saturated heterocycles. The molecule has 0 saturated carbocycles. The second-order valence-corrected chi connectivity index (χ2v) is 6.81. The van der Waals surface area contributed by atoms with Crippen LogP contribution in [0.4, 0.5) is 11.4 Å². The number of nitrogens with zero attached hydrogens (tertiary/aromatic N) is 1. The highest BCUT2D eigenvalue weighted by Gasteiger charge is 2.18. The molecule has 1 unspecified atom stereocenters. The predicted octanol–water partition coefficient (Wildman–Crippen LogP) is 2.81. The summed E-state index contributed by atoms with van der Waals surface area (Å²) < 4.78 is 15.6. The molecule has 1 heterocycles. The number of nitrogens with one attached hydrogen (secondary N) is 1. The van der Waals surface area contributed by atoms with Crippen LogP contribution in [0.3, 0.4) is 0 Å². The molecule has 0 spiro atoms. The largest absolute Gasteiger partial charge is 0.482 e. The average molecular weight is 410 g/mol. The zero-order valence-electron chi connectivity index (χ0n) is 16.9. The minimum atomic E-state index is -0.996. The van der Waals surface area contributed by atoms with E-state index in [0.717, 1.165) is 11.1 Å². The van der Waals surface area contributed by atoms with Gasteiger partial charge in [0.15, 0.2) is 12.7 Å². The Bertz CT molecular complexity index is 1100. The number of amides is 1. The lowest BCUT2D eigenvalue weighted by Crippen LogP contribution is -2.31. The molecule has 0 radical (unpaired) electrons. The van der Waals surface area contributed by atoms with Crippen molar-refractivity contribution in [1.29, 1.82) is 0 Å². The molecular formula is C22H22N2O6. The highest BCUT2D eigenvalue weighted by atomic mass is 16.6. The summed E-state index contributed by atoms with van der Waals surface area (Å²) in [6, 6.07) is 15.1. The van der Waals surface area contributed by atoms with Gasteiger partial charge in [-0.15, -0.1) is 0 Å². The summed E-state index contributed by atoms with van der Waals surface area (Å²) in [7, 11) is 3.84. The number of carbonyl (C=O) groups is 2. The fourth-order valence-electron chi connectivity index (χ4n) is 2.64. The number of benzene rings is 2. The van der Waals surface area contributed by atoms with Crippen molar-refractivity contribution in [2.75, 3.05) is 30.9 Å². The Morgan fingerprint density at radius 2 is 1.77 bits per heavy atom. The molecule has 8 nitrogen and oxygen atoms in total. The topological polar surface area (TPSA) is 98.1 Å². The van der Waals surface area contributed by atoms with Gasteiger partial charge in [-0.05, 0) is 49.4 Å². The molecule has 8 heteroatoms.